The molecule has 0 unspecified atom stereocenters. The van der Waals surface area contributed by atoms with Gasteiger partial charge in [0, 0.05) is 4.47 Å². The molecule has 3 rings (SSSR count). The van der Waals surface area contributed by atoms with E-state index in [0.717, 1.165) is 16.7 Å². The fourth-order valence-corrected chi connectivity index (χ4v) is 4.03. The second-order valence-electron chi connectivity index (χ2n) is 6.38. The summed E-state index contributed by atoms with van der Waals surface area (Å²) in [6.45, 7) is 0.0589. The Labute approximate surface area is 197 Å². The highest BCUT2D eigenvalue weighted by Crippen LogP contribution is 2.38. The zero-order chi connectivity index (χ0) is 23.1. The number of hydrogen-bond donors (Lipinski definition) is 0. The maximum atomic E-state index is 12.7. The van der Waals surface area contributed by atoms with E-state index >= 15 is 0 Å². The summed E-state index contributed by atoms with van der Waals surface area (Å²) in [5.41, 5.74) is 0.610. The Morgan fingerprint density at radius 1 is 1.09 bits per heavy atom. The van der Waals surface area contributed by atoms with Gasteiger partial charge in [0.1, 0.15) is 12.4 Å². The van der Waals surface area contributed by atoms with Gasteiger partial charge in [-0.25, -0.2) is 4.79 Å². The minimum absolute atomic E-state index is 0.141. The number of thioether (sulfide) groups is 1. The minimum atomic E-state index is -0.530. The average Bonchev–Trinajstić information content (AvgIpc) is 3.06. The van der Waals surface area contributed by atoms with Crippen LogP contribution in [0.4, 0.5) is 4.79 Å². The number of ether oxygens (including phenoxy) is 4. The molecule has 32 heavy (non-hydrogen) atoms. The van der Waals surface area contributed by atoms with Crippen molar-refractivity contribution in [1.82, 2.24) is 4.90 Å². The first-order chi connectivity index (χ1) is 15.4. The molecule has 1 heterocycles. The van der Waals surface area contributed by atoms with Crippen molar-refractivity contribution >= 4 is 50.9 Å². The molecule has 1 saturated heterocycles. The number of carbonyl (C=O) groups is 3. The van der Waals surface area contributed by atoms with Crippen molar-refractivity contribution in [2.24, 2.45) is 0 Å². The average molecular weight is 522 g/mol. The Balaban J connectivity index is 1.71. The molecule has 0 saturated carbocycles. The summed E-state index contributed by atoms with van der Waals surface area (Å²) in [6, 6.07) is 12.4. The number of esters is 1. The molecule has 2 aromatic carbocycles. The van der Waals surface area contributed by atoms with E-state index in [-0.39, 0.29) is 29.9 Å². The van der Waals surface area contributed by atoms with E-state index < -0.39 is 11.9 Å². The maximum Gasteiger partial charge on any atom is 0.343 e. The fraction of sp³-hybridized carbons (Fsp3) is 0.227. The highest BCUT2D eigenvalue weighted by molar-refractivity contribution is 9.10. The molecule has 0 aliphatic carbocycles. The first-order valence-corrected chi connectivity index (χ1v) is 11.0. The Kier molecular flexibility index (Phi) is 8.18. The van der Waals surface area contributed by atoms with E-state index in [9.17, 15) is 14.4 Å². The van der Waals surface area contributed by atoms with E-state index in [0.29, 0.717) is 27.3 Å². The summed E-state index contributed by atoms with van der Waals surface area (Å²) in [6.07, 6.45) is 1.60. The van der Waals surface area contributed by atoms with Crippen LogP contribution in [0.2, 0.25) is 0 Å². The number of amides is 2. The lowest BCUT2D eigenvalue weighted by molar-refractivity contribution is -0.142. The van der Waals surface area contributed by atoms with Crippen LogP contribution in [-0.2, 0) is 14.3 Å². The van der Waals surface area contributed by atoms with Crippen LogP contribution in [0, 0.1) is 0 Å². The van der Waals surface area contributed by atoms with Gasteiger partial charge in [-0.3, -0.25) is 14.5 Å². The van der Waals surface area contributed by atoms with Crippen molar-refractivity contribution in [3.8, 4) is 17.2 Å². The molecule has 0 N–H and O–H groups in total. The molecule has 2 amide bonds. The van der Waals surface area contributed by atoms with Crippen LogP contribution in [0.5, 0.6) is 17.2 Å². The van der Waals surface area contributed by atoms with E-state index in [1.807, 2.05) is 18.2 Å². The third kappa shape index (κ3) is 5.83. The topological polar surface area (TPSA) is 91.4 Å². The molecule has 0 atom stereocenters. The molecule has 0 aromatic heterocycles. The van der Waals surface area contributed by atoms with Gasteiger partial charge < -0.3 is 18.9 Å². The molecule has 1 aliphatic heterocycles. The number of halogens is 1. The van der Waals surface area contributed by atoms with Gasteiger partial charge in [-0.1, -0.05) is 34.1 Å². The normalized spacial score (nSPS) is 14.6. The minimum Gasteiger partial charge on any atom is -0.493 e. The van der Waals surface area contributed by atoms with E-state index in [4.69, 9.17) is 14.2 Å². The SMILES string of the molecule is COC(=O)COc1cc(Br)c(/C=C2\SC(=O)N(CCOc3ccccc3)C2=O)cc1OC. The number of nitrogens with zero attached hydrogens (tertiary/aromatic N) is 1. The van der Waals surface area contributed by atoms with Crippen LogP contribution in [-0.4, -0.2) is 56.0 Å². The van der Waals surface area contributed by atoms with Crippen LogP contribution < -0.4 is 14.2 Å². The zero-order valence-electron chi connectivity index (χ0n) is 17.3. The maximum absolute atomic E-state index is 12.7. The molecular weight excluding hydrogens is 502 g/mol. The van der Waals surface area contributed by atoms with Gasteiger partial charge in [0.05, 0.1) is 25.7 Å². The molecule has 0 spiro atoms. The highest BCUT2D eigenvalue weighted by Gasteiger charge is 2.35. The molecule has 1 fully saturated rings. The predicted molar refractivity (Wildman–Crippen MR) is 123 cm³/mol. The van der Waals surface area contributed by atoms with E-state index in [1.54, 1.807) is 30.3 Å². The van der Waals surface area contributed by atoms with Crippen molar-refractivity contribution in [3.05, 3.63) is 57.4 Å². The van der Waals surface area contributed by atoms with Gasteiger partial charge in [-0.2, -0.15) is 0 Å². The first-order valence-electron chi connectivity index (χ1n) is 9.43. The summed E-state index contributed by atoms with van der Waals surface area (Å²) < 4.78 is 21.5. The van der Waals surface area contributed by atoms with Gasteiger partial charge in [0.25, 0.3) is 11.1 Å². The number of hydrogen-bond acceptors (Lipinski definition) is 8. The molecule has 168 valence electrons. The monoisotopic (exact) mass is 521 g/mol. The van der Waals surface area contributed by atoms with Crippen LogP contribution in [0.15, 0.2) is 51.8 Å². The third-order valence-corrected chi connectivity index (χ3v) is 5.94. The lowest BCUT2D eigenvalue weighted by atomic mass is 10.2. The molecular formula is C22H20BrNO7S. The second-order valence-corrected chi connectivity index (χ2v) is 8.23. The van der Waals surface area contributed by atoms with E-state index in [2.05, 4.69) is 20.7 Å². The number of carbonyl (C=O) groups excluding carboxylic acids is 3. The third-order valence-electron chi connectivity index (χ3n) is 4.34. The quantitative estimate of drug-likeness (QED) is 0.359. The van der Waals surface area contributed by atoms with Gasteiger partial charge in [0.2, 0.25) is 0 Å². The molecule has 1 aliphatic rings. The van der Waals surface area contributed by atoms with Crippen molar-refractivity contribution in [3.63, 3.8) is 0 Å². The van der Waals surface area contributed by atoms with Crippen LogP contribution in [0.25, 0.3) is 6.08 Å². The Hall–Kier alpha value is -2.98. The highest BCUT2D eigenvalue weighted by atomic mass is 79.9. The second kappa shape index (κ2) is 11.1. The largest absolute Gasteiger partial charge is 0.493 e. The number of benzene rings is 2. The predicted octanol–water partition coefficient (Wildman–Crippen LogP) is 4.12. The standard InChI is InChI=1S/C22H20BrNO7S/c1-28-17-10-14(16(23)12-18(17)31-13-20(25)29-2)11-19-21(26)24(22(27)32-19)8-9-30-15-6-4-3-5-7-15/h3-7,10-12H,8-9,13H2,1-2H3/b19-11-. The smallest absolute Gasteiger partial charge is 0.343 e. The summed E-state index contributed by atoms with van der Waals surface area (Å²) >= 11 is 4.28. The van der Waals surface area contributed by atoms with Gasteiger partial charge in [-0.15, -0.1) is 0 Å². The Bertz CT molecular complexity index is 1040. The van der Waals surface area contributed by atoms with Crippen LogP contribution in [0.1, 0.15) is 5.56 Å². The van der Waals surface area contributed by atoms with Gasteiger partial charge in [0.15, 0.2) is 18.1 Å². The van der Waals surface area contributed by atoms with E-state index in [1.165, 1.54) is 14.2 Å². The van der Waals surface area contributed by atoms with Crippen molar-refractivity contribution in [2.75, 3.05) is 34.0 Å². The van der Waals surface area contributed by atoms with Gasteiger partial charge >= 0.3 is 5.97 Å². The summed E-state index contributed by atoms with van der Waals surface area (Å²) in [7, 11) is 2.72. The number of rotatable bonds is 9. The summed E-state index contributed by atoms with van der Waals surface area (Å²) in [4.78, 5) is 37.8. The van der Waals surface area contributed by atoms with Gasteiger partial charge in [-0.05, 0) is 47.7 Å². The zero-order valence-corrected chi connectivity index (χ0v) is 19.7. The lowest BCUT2D eigenvalue weighted by Gasteiger charge is -2.13. The summed E-state index contributed by atoms with van der Waals surface area (Å²) in [5.74, 6) is 0.429. The molecule has 10 heteroatoms. The lowest BCUT2D eigenvalue weighted by Crippen LogP contribution is -2.32. The molecule has 2 aromatic rings. The number of methoxy groups -OCH3 is 2. The van der Waals surface area contributed by atoms with Crippen molar-refractivity contribution in [1.29, 1.82) is 0 Å². The van der Waals surface area contributed by atoms with Crippen molar-refractivity contribution in [2.45, 2.75) is 0 Å². The number of para-hydroxylation sites is 1. The Morgan fingerprint density at radius 3 is 2.53 bits per heavy atom. The summed E-state index contributed by atoms with van der Waals surface area (Å²) in [5, 5.41) is -0.362. The molecule has 0 bridgehead atoms. The van der Waals surface area contributed by atoms with Crippen LogP contribution >= 0.6 is 27.7 Å². The first kappa shape index (κ1) is 23.7. The van der Waals surface area contributed by atoms with Crippen molar-refractivity contribution < 1.29 is 33.3 Å². The molecule has 8 nitrogen and oxygen atoms in total. The molecule has 0 radical (unpaired) electrons. The Morgan fingerprint density at radius 2 is 1.84 bits per heavy atom. The fourth-order valence-electron chi connectivity index (χ4n) is 2.73. The van der Waals surface area contributed by atoms with Crippen LogP contribution in [0.3, 0.4) is 0 Å². The number of imide groups is 1.